The Labute approximate surface area is 172 Å². The lowest BCUT2D eigenvalue weighted by Crippen LogP contribution is -2.44. The van der Waals surface area contributed by atoms with Gasteiger partial charge in [-0.15, -0.1) is 0 Å². The van der Waals surface area contributed by atoms with Gasteiger partial charge in [0.2, 0.25) is 0 Å². The molecule has 2 heterocycles. The van der Waals surface area contributed by atoms with Crippen LogP contribution in [-0.2, 0) is 16.3 Å². The molecule has 1 aliphatic heterocycles. The van der Waals surface area contributed by atoms with E-state index in [1.165, 1.54) is 0 Å². The first-order valence-corrected chi connectivity index (χ1v) is 9.78. The minimum Gasteiger partial charge on any atom is -0.381 e. The standard InChI is InChI=1S/C20H23ClF3N3O2/c1-13(2)27-17(20(22,23)24)16(11-26-27)18(28)25-12-19(7-9-29-10-8-19)14-3-5-15(21)6-4-14/h3-6,11,13H,7-10,12H2,1-2H3,(H,25,28). The zero-order valence-electron chi connectivity index (χ0n) is 16.2. The van der Waals surface area contributed by atoms with Crippen LogP contribution in [-0.4, -0.2) is 35.4 Å². The van der Waals surface area contributed by atoms with Crippen molar-refractivity contribution >= 4 is 17.5 Å². The number of hydrogen-bond donors (Lipinski definition) is 1. The number of alkyl halides is 3. The molecular weight excluding hydrogens is 407 g/mol. The number of halogens is 4. The summed E-state index contributed by atoms with van der Waals surface area (Å²) in [6, 6.07) is 6.79. The fourth-order valence-electron chi connectivity index (χ4n) is 3.68. The van der Waals surface area contributed by atoms with E-state index in [0.717, 1.165) is 16.4 Å². The van der Waals surface area contributed by atoms with Gasteiger partial charge in [0.15, 0.2) is 5.69 Å². The molecule has 1 aromatic heterocycles. The summed E-state index contributed by atoms with van der Waals surface area (Å²) in [4.78, 5) is 12.7. The lowest BCUT2D eigenvalue weighted by atomic mass is 9.74. The van der Waals surface area contributed by atoms with Gasteiger partial charge in [-0.1, -0.05) is 23.7 Å². The first kappa shape index (κ1) is 21.6. The maximum Gasteiger partial charge on any atom is 0.433 e. The molecule has 1 fully saturated rings. The number of carbonyl (C=O) groups is 1. The van der Waals surface area contributed by atoms with E-state index in [-0.39, 0.29) is 6.54 Å². The number of benzene rings is 1. The van der Waals surface area contributed by atoms with Crippen molar-refractivity contribution in [1.82, 2.24) is 15.1 Å². The molecule has 1 amide bonds. The Bertz CT molecular complexity index is 857. The predicted molar refractivity (Wildman–Crippen MR) is 103 cm³/mol. The van der Waals surface area contributed by atoms with Crippen molar-refractivity contribution < 1.29 is 22.7 Å². The van der Waals surface area contributed by atoms with Crippen molar-refractivity contribution in [3.63, 3.8) is 0 Å². The predicted octanol–water partition coefficient (Wildman–Crippen LogP) is 4.61. The highest BCUT2D eigenvalue weighted by Gasteiger charge is 2.41. The van der Waals surface area contributed by atoms with Gasteiger partial charge in [-0.25, -0.2) is 0 Å². The second-order valence-corrected chi connectivity index (χ2v) is 7.96. The van der Waals surface area contributed by atoms with Crippen LogP contribution in [0.5, 0.6) is 0 Å². The van der Waals surface area contributed by atoms with E-state index in [2.05, 4.69) is 10.4 Å². The van der Waals surface area contributed by atoms with E-state index in [9.17, 15) is 18.0 Å². The number of nitrogens with one attached hydrogen (secondary N) is 1. The molecule has 158 valence electrons. The Morgan fingerprint density at radius 1 is 1.28 bits per heavy atom. The van der Waals surface area contributed by atoms with E-state index in [4.69, 9.17) is 16.3 Å². The number of ether oxygens (including phenoxy) is 1. The molecule has 0 atom stereocenters. The molecule has 1 N–H and O–H groups in total. The summed E-state index contributed by atoms with van der Waals surface area (Å²) >= 11 is 5.98. The summed E-state index contributed by atoms with van der Waals surface area (Å²) in [6.07, 6.45) is -2.41. The number of hydrogen-bond acceptors (Lipinski definition) is 3. The second kappa shape index (κ2) is 8.36. The molecule has 0 saturated carbocycles. The Morgan fingerprint density at radius 3 is 2.45 bits per heavy atom. The van der Waals surface area contributed by atoms with E-state index in [1.54, 1.807) is 26.0 Å². The van der Waals surface area contributed by atoms with Gasteiger partial charge in [-0.2, -0.15) is 18.3 Å². The third-order valence-corrected chi connectivity index (χ3v) is 5.54. The minimum absolute atomic E-state index is 0.195. The quantitative estimate of drug-likeness (QED) is 0.754. The molecule has 0 radical (unpaired) electrons. The van der Waals surface area contributed by atoms with Crippen LogP contribution in [0.1, 0.15) is 54.3 Å². The van der Waals surface area contributed by atoms with Crippen LogP contribution in [0.4, 0.5) is 13.2 Å². The van der Waals surface area contributed by atoms with Gasteiger partial charge in [0.25, 0.3) is 5.91 Å². The average molecular weight is 430 g/mol. The smallest absolute Gasteiger partial charge is 0.381 e. The number of aromatic nitrogens is 2. The van der Waals surface area contributed by atoms with Gasteiger partial charge in [-0.05, 0) is 44.4 Å². The van der Waals surface area contributed by atoms with Gasteiger partial charge in [0.1, 0.15) is 0 Å². The number of rotatable bonds is 5. The topological polar surface area (TPSA) is 56.2 Å². The third-order valence-electron chi connectivity index (χ3n) is 5.29. The fourth-order valence-corrected chi connectivity index (χ4v) is 3.81. The largest absolute Gasteiger partial charge is 0.433 e. The molecule has 1 aliphatic rings. The molecule has 1 saturated heterocycles. The second-order valence-electron chi connectivity index (χ2n) is 7.53. The van der Waals surface area contributed by atoms with Gasteiger partial charge >= 0.3 is 6.18 Å². The molecule has 0 spiro atoms. The van der Waals surface area contributed by atoms with E-state index in [1.807, 2.05) is 12.1 Å². The SMILES string of the molecule is CC(C)n1ncc(C(=O)NCC2(c3ccc(Cl)cc3)CCOCC2)c1C(F)(F)F. The minimum atomic E-state index is -4.68. The zero-order valence-corrected chi connectivity index (χ0v) is 17.0. The first-order chi connectivity index (χ1) is 13.6. The van der Waals surface area contributed by atoms with Gasteiger partial charge in [-0.3, -0.25) is 9.48 Å². The molecule has 0 bridgehead atoms. The third kappa shape index (κ3) is 4.59. The Balaban J connectivity index is 1.86. The molecule has 29 heavy (non-hydrogen) atoms. The Morgan fingerprint density at radius 2 is 1.90 bits per heavy atom. The van der Waals surface area contributed by atoms with Crippen molar-refractivity contribution in [2.45, 2.75) is 44.3 Å². The summed E-state index contributed by atoms with van der Waals surface area (Å²) in [7, 11) is 0. The number of carbonyl (C=O) groups excluding carboxylic acids is 1. The summed E-state index contributed by atoms with van der Waals surface area (Å²) in [5, 5.41) is 7.08. The highest BCUT2D eigenvalue weighted by molar-refractivity contribution is 6.30. The van der Waals surface area contributed by atoms with Crippen LogP contribution < -0.4 is 5.32 Å². The van der Waals surface area contributed by atoms with Crippen LogP contribution >= 0.6 is 11.6 Å². The van der Waals surface area contributed by atoms with Gasteiger partial charge in [0.05, 0.1) is 11.8 Å². The van der Waals surface area contributed by atoms with Crippen molar-refractivity contribution in [1.29, 1.82) is 0 Å². The number of amides is 1. The van der Waals surface area contributed by atoms with Crippen LogP contribution in [0.3, 0.4) is 0 Å². The van der Waals surface area contributed by atoms with Crippen LogP contribution in [0, 0.1) is 0 Å². The Hall–Kier alpha value is -2.06. The van der Waals surface area contributed by atoms with Gasteiger partial charge in [0, 0.05) is 36.2 Å². The van der Waals surface area contributed by atoms with Crippen molar-refractivity contribution in [2.75, 3.05) is 19.8 Å². The van der Waals surface area contributed by atoms with E-state index in [0.29, 0.717) is 31.1 Å². The lowest BCUT2D eigenvalue weighted by Gasteiger charge is -2.38. The molecule has 2 aromatic rings. The van der Waals surface area contributed by atoms with Crippen LogP contribution in [0.2, 0.25) is 5.02 Å². The molecule has 3 rings (SSSR count). The Kier molecular flexibility index (Phi) is 6.24. The monoisotopic (exact) mass is 429 g/mol. The lowest BCUT2D eigenvalue weighted by molar-refractivity contribution is -0.145. The van der Waals surface area contributed by atoms with Gasteiger partial charge < -0.3 is 10.1 Å². The number of nitrogens with zero attached hydrogens (tertiary/aromatic N) is 2. The highest BCUT2D eigenvalue weighted by Crippen LogP contribution is 2.36. The van der Waals surface area contributed by atoms with Crippen molar-refractivity contribution in [3.8, 4) is 0 Å². The molecule has 1 aromatic carbocycles. The molecule has 0 aliphatic carbocycles. The van der Waals surface area contributed by atoms with E-state index < -0.39 is 34.8 Å². The molecule has 0 unspecified atom stereocenters. The molecule has 5 nitrogen and oxygen atoms in total. The highest BCUT2D eigenvalue weighted by atomic mass is 35.5. The van der Waals surface area contributed by atoms with Crippen molar-refractivity contribution in [3.05, 3.63) is 52.3 Å². The maximum atomic E-state index is 13.6. The normalized spacial score (nSPS) is 16.8. The zero-order chi connectivity index (χ0) is 21.2. The summed E-state index contributed by atoms with van der Waals surface area (Å²) in [5.74, 6) is -0.788. The maximum absolute atomic E-state index is 13.6. The van der Waals surface area contributed by atoms with Crippen LogP contribution in [0.25, 0.3) is 0 Å². The van der Waals surface area contributed by atoms with Crippen LogP contribution in [0.15, 0.2) is 30.5 Å². The average Bonchev–Trinajstić information content (AvgIpc) is 3.13. The van der Waals surface area contributed by atoms with Crippen molar-refractivity contribution in [2.24, 2.45) is 0 Å². The van der Waals surface area contributed by atoms with E-state index >= 15 is 0 Å². The summed E-state index contributed by atoms with van der Waals surface area (Å²) < 4.78 is 47.0. The summed E-state index contributed by atoms with van der Waals surface area (Å²) in [6.45, 7) is 4.39. The first-order valence-electron chi connectivity index (χ1n) is 9.41. The fraction of sp³-hybridized carbons (Fsp3) is 0.500. The molecule has 9 heteroatoms. The summed E-state index contributed by atoms with van der Waals surface area (Å²) in [5.41, 5.74) is -0.952. The molecular formula is C20H23ClF3N3O2.